The molecule has 0 saturated carbocycles. The predicted octanol–water partition coefficient (Wildman–Crippen LogP) is 3.42. The number of aliphatic carboxylic acids is 1. The number of benzene rings is 2. The van der Waals surface area contributed by atoms with Crippen molar-refractivity contribution >= 4 is 17.8 Å². The number of nitrogens with one attached hydrogen (secondary N) is 1. The lowest BCUT2D eigenvalue weighted by atomic mass is 10.1. The number of hydrogen-bond acceptors (Lipinski definition) is 5. The molecule has 2 N–H and O–H groups in total. The van der Waals surface area contributed by atoms with Gasteiger partial charge in [0.05, 0.1) is 19.2 Å². The zero-order valence-electron chi connectivity index (χ0n) is 20.1. The van der Waals surface area contributed by atoms with E-state index in [-0.39, 0.29) is 24.6 Å². The second-order valence-corrected chi connectivity index (χ2v) is 7.98. The van der Waals surface area contributed by atoms with Crippen molar-refractivity contribution in [2.24, 2.45) is 0 Å². The monoisotopic (exact) mass is 549 g/mol. The molecule has 0 atom stereocenters. The van der Waals surface area contributed by atoms with Crippen LogP contribution in [0, 0.1) is 0 Å². The van der Waals surface area contributed by atoms with E-state index in [9.17, 15) is 35.9 Å². The van der Waals surface area contributed by atoms with Gasteiger partial charge in [0, 0.05) is 37.3 Å². The van der Waals surface area contributed by atoms with Crippen molar-refractivity contribution < 1.29 is 50.6 Å². The van der Waals surface area contributed by atoms with Crippen LogP contribution in [0.5, 0.6) is 5.75 Å². The number of alkyl halides is 6. The third-order valence-electron chi connectivity index (χ3n) is 5.34. The molecule has 1 heterocycles. The van der Waals surface area contributed by atoms with Crippen LogP contribution in [-0.2, 0) is 22.3 Å². The molecule has 1 aliphatic heterocycles. The number of carbonyl (C=O) groups excluding carboxylic acids is 2. The van der Waals surface area contributed by atoms with Crippen LogP contribution in [0.4, 0.5) is 26.3 Å². The maximum atomic E-state index is 13.1. The molecule has 1 fully saturated rings. The summed E-state index contributed by atoms with van der Waals surface area (Å²) in [6.07, 6.45) is -9.57. The minimum Gasteiger partial charge on any atom is -0.496 e. The topological polar surface area (TPSA) is 99.2 Å². The number of piperazine rings is 1. The van der Waals surface area contributed by atoms with Crippen molar-refractivity contribution in [3.05, 3.63) is 65.2 Å². The number of nitrogens with zero attached hydrogens (tertiary/aromatic N) is 2. The number of carboxylic acid groups (broad SMARTS) is 1. The van der Waals surface area contributed by atoms with Gasteiger partial charge in [-0.05, 0) is 30.3 Å². The fraction of sp³-hybridized carbons (Fsp3) is 0.375. The first-order valence-electron chi connectivity index (χ1n) is 11.1. The lowest BCUT2D eigenvalue weighted by Crippen LogP contribution is -2.50. The quantitative estimate of drug-likeness (QED) is 0.536. The Hall–Kier alpha value is -3.81. The van der Waals surface area contributed by atoms with Gasteiger partial charge < -0.3 is 25.0 Å². The molecule has 38 heavy (non-hydrogen) atoms. The van der Waals surface area contributed by atoms with Gasteiger partial charge in [0.2, 0.25) is 5.91 Å². The summed E-state index contributed by atoms with van der Waals surface area (Å²) in [5.41, 5.74) is -0.0633. The first kappa shape index (κ1) is 30.4. The van der Waals surface area contributed by atoms with Crippen LogP contribution in [0.15, 0.2) is 48.5 Å². The number of halogens is 6. The van der Waals surface area contributed by atoms with Crippen LogP contribution in [-0.4, -0.2) is 78.7 Å². The Morgan fingerprint density at radius 2 is 1.53 bits per heavy atom. The second-order valence-electron chi connectivity index (χ2n) is 7.98. The van der Waals surface area contributed by atoms with Gasteiger partial charge in [-0.15, -0.1) is 0 Å². The number of rotatable bonds is 6. The van der Waals surface area contributed by atoms with Crippen LogP contribution >= 0.6 is 0 Å². The predicted molar refractivity (Wildman–Crippen MR) is 122 cm³/mol. The first-order valence-corrected chi connectivity index (χ1v) is 11.1. The van der Waals surface area contributed by atoms with Gasteiger partial charge in [0.1, 0.15) is 12.3 Å². The van der Waals surface area contributed by atoms with Crippen molar-refractivity contribution in [1.29, 1.82) is 0 Å². The van der Waals surface area contributed by atoms with E-state index in [1.807, 2.05) is 0 Å². The molecule has 0 unspecified atom stereocenters. The average molecular weight is 549 g/mol. The van der Waals surface area contributed by atoms with E-state index in [1.165, 1.54) is 12.0 Å². The maximum Gasteiger partial charge on any atom is 0.490 e. The number of hydrogen-bond donors (Lipinski definition) is 2. The highest BCUT2D eigenvalue weighted by Gasteiger charge is 2.38. The molecule has 1 aliphatic rings. The molecule has 2 amide bonds. The Balaban J connectivity index is 0.000000638. The van der Waals surface area contributed by atoms with Crippen LogP contribution in [0.2, 0.25) is 0 Å². The summed E-state index contributed by atoms with van der Waals surface area (Å²) in [6.45, 7) is 2.32. The van der Waals surface area contributed by atoms with Crippen molar-refractivity contribution in [3.8, 4) is 5.75 Å². The number of methoxy groups -OCH3 is 1. The third kappa shape index (κ3) is 8.94. The third-order valence-corrected chi connectivity index (χ3v) is 5.34. The van der Waals surface area contributed by atoms with Crippen LogP contribution < -0.4 is 10.1 Å². The molecule has 3 rings (SSSR count). The van der Waals surface area contributed by atoms with E-state index < -0.39 is 29.8 Å². The summed E-state index contributed by atoms with van der Waals surface area (Å²) < 4.78 is 75.7. The van der Waals surface area contributed by atoms with E-state index >= 15 is 0 Å². The van der Waals surface area contributed by atoms with Gasteiger partial charge in [0.15, 0.2) is 0 Å². The Morgan fingerprint density at radius 1 is 0.974 bits per heavy atom. The highest BCUT2D eigenvalue weighted by atomic mass is 19.4. The summed E-state index contributed by atoms with van der Waals surface area (Å²) >= 11 is 0. The molecular weight excluding hydrogens is 524 g/mol. The molecule has 0 spiro atoms. The Labute approximate surface area is 213 Å². The summed E-state index contributed by atoms with van der Waals surface area (Å²) in [5.74, 6) is -2.94. The molecule has 0 aromatic heterocycles. The minimum atomic E-state index is -5.08. The number of carboxylic acids is 1. The van der Waals surface area contributed by atoms with E-state index in [0.717, 1.165) is 24.3 Å². The Bertz CT molecular complexity index is 1100. The summed E-state index contributed by atoms with van der Waals surface area (Å²) in [4.78, 5) is 37.9. The summed E-state index contributed by atoms with van der Waals surface area (Å²) in [5, 5.41) is 10.3. The Kier molecular flexibility index (Phi) is 10.5. The van der Waals surface area contributed by atoms with E-state index in [2.05, 4.69) is 5.32 Å². The van der Waals surface area contributed by atoms with Gasteiger partial charge in [-0.25, -0.2) is 4.79 Å². The molecule has 208 valence electrons. The van der Waals surface area contributed by atoms with Crippen molar-refractivity contribution in [2.45, 2.75) is 18.9 Å². The first-order chi connectivity index (χ1) is 17.7. The number of carbonyl (C=O) groups is 3. The highest BCUT2D eigenvalue weighted by Crippen LogP contribution is 2.29. The van der Waals surface area contributed by atoms with Crippen LogP contribution in [0.3, 0.4) is 0 Å². The van der Waals surface area contributed by atoms with Crippen LogP contribution in [0.25, 0.3) is 0 Å². The molecular formula is C24H25F6N3O5. The molecule has 2 aromatic carbocycles. The fourth-order valence-electron chi connectivity index (χ4n) is 3.40. The number of para-hydroxylation sites is 1. The SMILES string of the molecule is COc1ccccc1CN(CC(=O)N1CCNCC1)C(=O)c1ccc(C(F)(F)F)cc1.O=C(O)C(F)(F)F. The molecule has 2 aromatic rings. The molecule has 0 radical (unpaired) electrons. The van der Waals surface area contributed by atoms with Crippen molar-refractivity contribution in [1.82, 2.24) is 15.1 Å². The van der Waals surface area contributed by atoms with Gasteiger partial charge in [0.25, 0.3) is 5.91 Å². The van der Waals surface area contributed by atoms with Gasteiger partial charge >= 0.3 is 18.3 Å². The Morgan fingerprint density at radius 3 is 2.03 bits per heavy atom. The van der Waals surface area contributed by atoms with Crippen molar-refractivity contribution in [3.63, 3.8) is 0 Å². The standard InChI is InChI=1S/C22H24F3N3O3.C2HF3O2/c1-31-19-5-3-2-4-17(19)14-28(15-20(29)27-12-10-26-11-13-27)21(30)16-6-8-18(9-7-16)22(23,24)25;3-2(4,5)1(6)7/h2-9,26H,10-15H2,1H3;(H,6,7). The fourth-order valence-corrected chi connectivity index (χ4v) is 3.40. The molecule has 0 aliphatic carbocycles. The molecule has 0 bridgehead atoms. The van der Waals surface area contributed by atoms with Crippen molar-refractivity contribution in [2.75, 3.05) is 39.8 Å². The van der Waals surface area contributed by atoms with Gasteiger partial charge in [-0.3, -0.25) is 9.59 Å². The average Bonchev–Trinajstić information content (AvgIpc) is 2.88. The zero-order chi connectivity index (χ0) is 28.5. The summed E-state index contributed by atoms with van der Waals surface area (Å²) in [7, 11) is 1.51. The number of amides is 2. The lowest BCUT2D eigenvalue weighted by molar-refractivity contribution is -0.192. The lowest BCUT2D eigenvalue weighted by Gasteiger charge is -2.30. The molecule has 1 saturated heterocycles. The van der Waals surface area contributed by atoms with E-state index in [0.29, 0.717) is 37.5 Å². The van der Waals surface area contributed by atoms with E-state index in [4.69, 9.17) is 14.6 Å². The molecule has 14 heteroatoms. The minimum absolute atomic E-state index is 0.0796. The zero-order valence-corrected chi connectivity index (χ0v) is 20.1. The summed E-state index contributed by atoms with van der Waals surface area (Å²) in [6, 6.07) is 11.1. The molecule has 8 nitrogen and oxygen atoms in total. The highest BCUT2D eigenvalue weighted by molar-refractivity contribution is 5.96. The second kappa shape index (κ2) is 13.1. The number of ether oxygens (including phenoxy) is 1. The van der Waals surface area contributed by atoms with E-state index in [1.54, 1.807) is 29.2 Å². The van der Waals surface area contributed by atoms with Gasteiger partial charge in [-0.2, -0.15) is 26.3 Å². The largest absolute Gasteiger partial charge is 0.496 e. The normalized spacial score (nSPS) is 13.7. The van der Waals surface area contributed by atoms with Crippen LogP contribution in [0.1, 0.15) is 21.5 Å². The smallest absolute Gasteiger partial charge is 0.490 e. The van der Waals surface area contributed by atoms with Gasteiger partial charge in [-0.1, -0.05) is 18.2 Å². The maximum absolute atomic E-state index is 13.1.